The molecule has 1 atom stereocenters. The molecule has 8 heteroatoms. The molecule has 3 aliphatic heterocycles. The van der Waals surface area contributed by atoms with E-state index in [1.165, 1.54) is 5.56 Å². The van der Waals surface area contributed by atoms with E-state index in [0.29, 0.717) is 29.6 Å². The van der Waals surface area contributed by atoms with Gasteiger partial charge in [0.2, 0.25) is 11.7 Å². The van der Waals surface area contributed by atoms with E-state index in [0.717, 1.165) is 70.8 Å². The summed E-state index contributed by atoms with van der Waals surface area (Å²) >= 11 is 0. The highest BCUT2D eigenvalue weighted by Gasteiger charge is 2.45. The minimum Gasteiger partial charge on any atom is -0.339 e. The average molecular weight is 553 g/mol. The van der Waals surface area contributed by atoms with Gasteiger partial charge in [-0.1, -0.05) is 29.4 Å². The Morgan fingerprint density at radius 2 is 1.73 bits per heavy atom. The Labute approximate surface area is 236 Å². The monoisotopic (exact) mass is 552 g/mol. The summed E-state index contributed by atoms with van der Waals surface area (Å²) in [5, 5.41) is 4.02. The molecule has 0 aliphatic carbocycles. The van der Waals surface area contributed by atoms with Gasteiger partial charge in [-0.3, -0.25) is 9.00 Å². The number of fused-ring (bicyclic) bond motifs is 3. The molecule has 204 valence electrons. The summed E-state index contributed by atoms with van der Waals surface area (Å²) in [6.07, 6.45) is 2.84. The number of piperidine rings is 1. The topological polar surface area (TPSA) is 79.5 Å². The number of anilines is 1. The zero-order valence-electron chi connectivity index (χ0n) is 23.1. The maximum atomic E-state index is 13.7. The molecule has 1 saturated heterocycles. The van der Waals surface area contributed by atoms with Crippen LogP contribution in [0.1, 0.15) is 45.8 Å². The number of hydrogen-bond donors (Lipinski definition) is 0. The molecule has 4 aromatic rings. The molecule has 0 bridgehead atoms. The number of carbonyl (C=O) groups excluding carboxylic acids is 1. The van der Waals surface area contributed by atoms with Crippen LogP contribution in [0, 0.1) is 13.8 Å². The third-order valence-electron chi connectivity index (χ3n) is 8.94. The fourth-order valence-electron chi connectivity index (χ4n) is 6.59. The van der Waals surface area contributed by atoms with Crippen molar-refractivity contribution in [3.63, 3.8) is 0 Å². The lowest BCUT2D eigenvalue weighted by Gasteiger charge is -2.38. The Balaban J connectivity index is 1.15. The minimum atomic E-state index is -0.964. The fraction of sp³-hybridized carbons (Fsp3) is 0.344. The van der Waals surface area contributed by atoms with Crippen molar-refractivity contribution < 1.29 is 13.5 Å². The number of hydrogen-bond acceptors (Lipinski definition) is 6. The van der Waals surface area contributed by atoms with Crippen molar-refractivity contribution in [3.05, 3.63) is 82.7 Å². The number of carbonyl (C=O) groups is 1. The van der Waals surface area contributed by atoms with Gasteiger partial charge < -0.3 is 14.3 Å². The van der Waals surface area contributed by atoms with Crippen LogP contribution in [0.5, 0.6) is 0 Å². The highest BCUT2D eigenvalue weighted by molar-refractivity contribution is 7.85. The summed E-state index contributed by atoms with van der Waals surface area (Å²) in [4.78, 5) is 23.3. The van der Waals surface area contributed by atoms with Crippen molar-refractivity contribution in [2.45, 2.75) is 43.4 Å². The van der Waals surface area contributed by atoms with Gasteiger partial charge in [-0.15, -0.1) is 0 Å². The predicted molar refractivity (Wildman–Crippen MR) is 156 cm³/mol. The van der Waals surface area contributed by atoms with Crippen molar-refractivity contribution in [2.75, 3.05) is 37.3 Å². The second kappa shape index (κ2) is 9.49. The van der Waals surface area contributed by atoms with Crippen LogP contribution in [-0.4, -0.2) is 57.6 Å². The van der Waals surface area contributed by atoms with E-state index in [2.05, 4.69) is 53.3 Å². The summed E-state index contributed by atoms with van der Waals surface area (Å²) in [7, 11) is 1.19. The van der Waals surface area contributed by atoms with E-state index in [4.69, 9.17) is 4.52 Å². The zero-order valence-corrected chi connectivity index (χ0v) is 23.9. The Morgan fingerprint density at radius 3 is 2.42 bits per heavy atom. The molecular formula is C32H32N4O3S. The van der Waals surface area contributed by atoms with Gasteiger partial charge >= 0.3 is 0 Å². The first-order valence-corrected chi connectivity index (χ1v) is 15.2. The quantitative estimate of drug-likeness (QED) is 0.343. The summed E-state index contributed by atoms with van der Waals surface area (Å²) in [5.74, 6) is 1.85. The van der Waals surface area contributed by atoms with Crippen molar-refractivity contribution in [2.24, 2.45) is 0 Å². The fourth-order valence-corrected chi connectivity index (χ4v) is 8.48. The molecule has 1 spiro atoms. The molecule has 7 rings (SSSR count). The van der Waals surface area contributed by atoms with Gasteiger partial charge in [0, 0.05) is 46.3 Å². The molecule has 0 radical (unpaired) electrons. The van der Waals surface area contributed by atoms with Gasteiger partial charge in [0.15, 0.2) is 0 Å². The summed E-state index contributed by atoms with van der Waals surface area (Å²) in [6.45, 7) is 6.53. The van der Waals surface area contributed by atoms with Gasteiger partial charge in [-0.05, 0) is 104 Å². The molecule has 0 saturated carbocycles. The van der Waals surface area contributed by atoms with Crippen LogP contribution in [0.4, 0.5) is 5.69 Å². The Bertz CT molecular complexity index is 1670. The maximum absolute atomic E-state index is 13.7. The van der Waals surface area contributed by atoms with Crippen molar-refractivity contribution in [1.29, 1.82) is 0 Å². The van der Waals surface area contributed by atoms with Crippen LogP contribution in [-0.2, 0) is 22.6 Å². The molecule has 7 nitrogen and oxygen atoms in total. The highest BCUT2D eigenvalue weighted by Crippen LogP contribution is 2.48. The van der Waals surface area contributed by atoms with Crippen molar-refractivity contribution in [3.8, 4) is 22.5 Å². The van der Waals surface area contributed by atoms with Crippen LogP contribution in [0.2, 0.25) is 0 Å². The Hall–Kier alpha value is -3.62. The van der Waals surface area contributed by atoms with Crippen molar-refractivity contribution >= 4 is 22.4 Å². The first kappa shape index (κ1) is 25.4. The summed E-state index contributed by atoms with van der Waals surface area (Å²) in [5.41, 5.74) is 8.14. The molecule has 1 aromatic heterocycles. The normalized spacial score (nSPS) is 19.7. The van der Waals surface area contributed by atoms with E-state index >= 15 is 0 Å². The van der Waals surface area contributed by atoms with Gasteiger partial charge in [-0.25, -0.2) is 0 Å². The van der Waals surface area contributed by atoms with E-state index in [9.17, 15) is 9.00 Å². The molecule has 1 amide bonds. The second-order valence-electron chi connectivity index (χ2n) is 11.5. The highest BCUT2D eigenvalue weighted by atomic mass is 32.2. The number of likely N-dealkylation sites (tertiary alicyclic amines) is 1. The number of benzene rings is 3. The lowest BCUT2D eigenvalue weighted by atomic mass is 9.74. The molecule has 1 fully saturated rings. The molecule has 40 heavy (non-hydrogen) atoms. The molecule has 4 heterocycles. The Kier molecular flexibility index (Phi) is 6.02. The lowest BCUT2D eigenvalue weighted by molar-refractivity contribution is 0.0989. The van der Waals surface area contributed by atoms with Crippen LogP contribution in [0.15, 0.2) is 64.0 Å². The van der Waals surface area contributed by atoms with Gasteiger partial charge in [-0.2, -0.15) is 4.98 Å². The van der Waals surface area contributed by atoms with Gasteiger partial charge in [0.25, 0.3) is 5.91 Å². The number of rotatable bonds is 3. The first-order valence-electron chi connectivity index (χ1n) is 13.9. The van der Waals surface area contributed by atoms with Crippen LogP contribution in [0.3, 0.4) is 0 Å². The lowest BCUT2D eigenvalue weighted by Crippen LogP contribution is -2.41. The van der Waals surface area contributed by atoms with Gasteiger partial charge in [0.1, 0.15) is 0 Å². The summed E-state index contributed by atoms with van der Waals surface area (Å²) < 4.78 is 18.2. The van der Waals surface area contributed by atoms with Crippen molar-refractivity contribution in [1.82, 2.24) is 15.0 Å². The van der Waals surface area contributed by atoms with Crippen LogP contribution in [0.25, 0.3) is 22.5 Å². The van der Waals surface area contributed by atoms with E-state index in [1.54, 1.807) is 6.92 Å². The molecular weight excluding hydrogens is 520 g/mol. The zero-order chi connectivity index (χ0) is 27.6. The SMILES string of the molecule is Cc1nc(-c2ccc(-c3ccc(C(=O)N4CCc5cc6c(cc54)C4(CCN(C)CC4)CS6=O)cc3)c(C)c2)no1. The number of aryl methyl sites for hydroxylation is 2. The van der Waals surface area contributed by atoms with E-state index < -0.39 is 10.8 Å². The van der Waals surface area contributed by atoms with Crippen LogP contribution >= 0.6 is 0 Å². The van der Waals surface area contributed by atoms with E-state index in [-0.39, 0.29) is 11.3 Å². The third-order valence-corrected chi connectivity index (χ3v) is 10.6. The standard InChI is InChI=1S/C32H32N4O3S/c1-20-16-25(30-33-21(2)39-34-30)8-9-26(20)22-4-6-23(7-5-22)31(37)36-13-10-24-17-29-27(18-28(24)36)32(19-40(29)38)11-14-35(3)15-12-32/h4-9,16-18H,10-15,19H2,1-3H3. The first-order chi connectivity index (χ1) is 19.3. The molecule has 0 N–H and O–H groups in total. The third kappa shape index (κ3) is 4.12. The molecule has 3 aliphatic rings. The minimum absolute atomic E-state index is 0.0151. The Morgan fingerprint density at radius 1 is 0.975 bits per heavy atom. The largest absolute Gasteiger partial charge is 0.339 e. The number of aromatic nitrogens is 2. The summed E-state index contributed by atoms with van der Waals surface area (Å²) in [6, 6.07) is 18.3. The number of nitrogens with zero attached hydrogens (tertiary/aromatic N) is 4. The smallest absolute Gasteiger partial charge is 0.258 e. The molecule has 1 unspecified atom stereocenters. The average Bonchev–Trinajstić information content (AvgIpc) is 3.65. The van der Waals surface area contributed by atoms with E-state index in [1.807, 2.05) is 35.2 Å². The number of amides is 1. The second-order valence-corrected chi connectivity index (χ2v) is 12.9. The van der Waals surface area contributed by atoms with Crippen LogP contribution < -0.4 is 4.90 Å². The predicted octanol–water partition coefficient (Wildman–Crippen LogP) is 5.31. The maximum Gasteiger partial charge on any atom is 0.258 e. The van der Waals surface area contributed by atoms with Gasteiger partial charge in [0.05, 0.1) is 10.8 Å². The molecule has 3 aromatic carbocycles.